The van der Waals surface area contributed by atoms with Crippen molar-refractivity contribution in [3.8, 4) is 0 Å². The van der Waals surface area contributed by atoms with Gasteiger partial charge in [0.1, 0.15) is 0 Å². The van der Waals surface area contributed by atoms with Gasteiger partial charge in [-0.2, -0.15) is 0 Å². The van der Waals surface area contributed by atoms with Crippen LogP contribution in [0.15, 0.2) is 24.3 Å². The Morgan fingerprint density at radius 1 is 1.38 bits per heavy atom. The molecule has 0 saturated heterocycles. The van der Waals surface area contributed by atoms with Gasteiger partial charge in [0.2, 0.25) is 0 Å². The molecule has 0 spiro atoms. The molecule has 72 valence electrons. The van der Waals surface area contributed by atoms with Gasteiger partial charge in [-0.05, 0) is 31.8 Å². The molecule has 0 aliphatic carbocycles. The molecule has 0 radical (unpaired) electrons. The van der Waals surface area contributed by atoms with Crippen molar-refractivity contribution in [2.75, 3.05) is 20.6 Å². The van der Waals surface area contributed by atoms with E-state index in [4.69, 9.17) is 23.2 Å². The Bertz CT molecular complexity index is 273. The molecule has 0 N–H and O–H groups in total. The molecule has 0 amide bonds. The van der Waals surface area contributed by atoms with Gasteiger partial charge < -0.3 is 4.90 Å². The van der Waals surface area contributed by atoms with Gasteiger partial charge in [-0.3, -0.25) is 0 Å². The van der Waals surface area contributed by atoms with Gasteiger partial charge in [0.25, 0.3) is 0 Å². The monoisotopic (exact) mass is 217 g/mol. The second kappa shape index (κ2) is 4.85. The van der Waals surface area contributed by atoms with Crippen molar-refractivity contribution in [3.05, 3.63) is 34.9 Å². The number of likely N-dealkylation sites (N-methyl/N-ethyl adjacent to an activating group) is 1. The molecule has 0 unspecified atom stereocenters. The summed E-state index contributed by atoms with van der Waals surface area (Å²) < 4.78 is 0. The van der Waals surface area contributed by atoms with Gasteiger partial charge in [-0.15, -0.1) is 11.6 Å². The average Bonchev–Trinajstić information content (AvgIpc) is 2.03. The van der Waals surface area contributed by atoms with E-state index in [0.717, 1.165) is 17.1 Å². The van der Waals surface area contributed by atoms with E-state index in [1.807, 2.05) is 38.4 Å². The molecule has 0 fully saturated rings. The highest BCUT2D eigenvalue weighted by molar-refractivity contribution is 6.30. The summed E-state index contributed by atoms with van der Waals surface area (Å²) in [6, 6.07) is 7.67. The number of hydrogen-bond donors (Lipinski definition) is 0. The van der Waals surface area contributed by atoms with Crippen molar-refractivity contribution in [3.63, 3.8) is 0 Å². The first kappa shape index (κ1) is 10.8. The van der Waals surface area contributed by atoms with Crippen molar-refractivity contribution in [2.45, 2.75) is 5.38 Å². The third-order valence-electron chi connectivity index (χ3n) is 1.74. The van der Waals surface area contributed by atoms with Gasteiger partial charge in [0.05, 0.1) is 5.38 Å². The largest absolute Gasteiger partial charge is 0.308 e. The van der Waals surface area contributed by atoms with Crippen LogP contribution in [0, 0.1) is 0 Å². The number of rotatable bonds is 3. The number of alkyl halides is 1. The Labute approximate surface area is 89.3 Å². The van der Waals surface area contributed by atoms with E-state index in [0.29, 0.717) is 0 Å². The van der Waals surface area contributed by atoms with Crippen LogP contribution in [0.25, 0.3) is 0 Å². The molecule has 1 rings (SSSR count). The molecule has 1 nitrogen and oxygen atoms in total. The van der Waals surface area contributed by atoms with Crippen LogP contribution in [0.4, 0.5) is 0 Å². The molecular weight excluding hydrogens is 205 g/mol. The topological polar surface area (TPSA) is 3.24 Å². The lowest BCUT2D eigenvalue weighted by atomic mass is 10.1. The number of benzene rings is 1. The van der Waals surface area contributed by atoms with Crippen LogP contribution < -0.4 is 0 Å². The molecule has 0 bridgehead atoms. The molecule has 1 atom stereocenters. The Hall–Kier alpha value is -0.240. The van der Waals surface area contributed by atoms with Crippen molar-refractivity contribution in [1.82, 2.24) is 4.90 Å². The zero-order valence-electron chi connectivity index (χ0n) is 7.80. The van der Waals surface area contributed by atoms with E-state index in [1.54, 1.807) is 0 Å². The maximum atomic E-state index is 6.17. The van der Waals surface area contributed by atoms with Crippen molar-refractivity contribution < 1.29 is 0 Å². The van der Waals surface area contributed by atoms with Gasteiger partial charge in [-0.25, -0.2) is 0 Å². The van der Waals surface area contributed by atoms with Crippen LogP contribution >= 0.6 is 23.2 Å². The number of hydrogen-bond acceptors (Lipinski definition) is 1. The van der Waals surface area contributed by atoms with E-state index in [2.05, 4.69) is 4.90 Å². The summed E-state index contributed by atoms with van der Waals surface area (Å²) in [5, 5.41) is 0.746. The first-order valence-electron chi connectivity index (χ1n) is 4.14. The second-order valence-corrected chi connectivity index (χ2v) is 4.25. The molecule has 3 heteroatoms. The van der Waals surface area contributed by atoms with Crippen LogP contribution in [0.3, 0.4) is 0 Å². The minimum Gasteiger partial charge on any atom is -0.308 e. The van der Waals surface area contributed by atoms with Crippen molar-refractivity contribution >= 4 is 23.2 Å². The van der Waals surface area contributed by atoms with Gasteiger partial charge in [0.15, 0.2) is 0 Å². The third kappa shape index (κ3) is 3.55. The Balaban J connectivity index is 2.71. The zero-order chi connectivity index (χ0) is 9.84. The highest BCUT2D eigenvalue weighted by atomic mass is 35.5. The first-order valence-corrected chi connectivity index (χ1v) is 4.95. The molecule has 1 aromatic rings. The minimum absolute atomic E-state index is 0.00806. The van der Waals surface area contributed by atoms with E-state index in [-0.39, 0.29) is 5.38 Å². The van der Waals surface area contributed by atoms with Crippen LogP contribution in [-0.4, -0.2) is 25.5 Å². The molecular formula is C10H13Cl2N. The van der Waals surface area contributed by atoms with Crippen LogP contribution in [0.5, 0.6) is 0 Å². The quantitative estimate of drug-likeness (QED) is 0.704. The Morgan fingerprint density at radius 2 is 2.08 bits per heavy atom. The summed E-state index contributed by atoms with van der Waals surface area (Å²) in [5.74, 6) is 0. The number of nitrogens with zero attached hydrogens (tertiary/aromatic N) is 1. The van der Waals surface area contributed by atoms with E-state index in [1.165, 1.54) is 0 Å². The van der Waals surface area contributed by atoms with E-state index < -0.39 is 0 Å². The van der Waals surface area contributed by atoms with Crippen molar-refractivity contribution in [1.29, 1.82) is 0 Å². The maximum Gasteiger partial charge on any atom is 0.0712 e. The predicted octanol–water partition coefficient (Wildman–Crippen LogP) is 3.18. The lowest BCUT2D eigenvalue weighted by Crippen LogP contribution is -2.17. The minimum atomic E-state index is 0.00806. The molecule has 0 aliphatic heterocycles. The molecule has 13 heavy (non-hydrogen) atoms. The predicted molar refractivity (Wildman–Crippen MR) is 58.6 cm³/mol. The Morgan fingerprint density at radius 3 is 2.62 bits per heavy atom. The molecule has 0 aromatic heterocycles. The van der Waals surface area contributed by atoms with Gasteiger partial charge in [0, 0.05) is 11.6 Å². The fourth-order valence-corrected chi connectivity index (χ4v) is 1.74. The molecule has 0 heterocycles. The Kier molecular flexibility index (Phi) is 4.04. The highest BCUT2D eigenvalue weighted by Gasteiger charge is 2.08. The van der Waals surface area contributed by atoms with Crippen LogP contribution in [0.1, 0.15) is 10.9 Å². The smallest absolute Gasteiger partial charge is 0.0712 e. The SMILES string of the molecule is CN(C)C[C@H](Cl)c1cccc(Cl)c1. The lowest BCUT2D eigenvalue weighted by molar-refractivity contribution is 0.408. The van der Waals surface area contributed by atoms with Crippen molar-refractivity contribution in [2.24, 2.45) is 0 Å². The summed E-state index contributed by atoms with van der Waals surface area (Å²) >= 11 is 12.0. The highest BCUT2D eigenvalue weighted by Crippen LogP contribution is 2.23. The summed E-state index contributed by atoms with van der Waals surface area (Å²) in [7, 11) is 4.00. The first-order chi connectivity index (χ1) is 6.09. The van der Waals surface area contributed by atoms with Crippen LogP contribution in [0.2, 0.25) is 5.02 Å². The van der Waals surface area contributed by atoms with Gasteiger partial charge in [-0.1, -0.05) is 23.7 Å². The molecule has 1 aromatic carbocycles. The van der Waals surface area contributed by atoms with Gasteiger partial charge >= 0.3 is 0 Å². The van der Waals surface area contributed by atoms with E-state index >= 15 is 0 Å². The second-order valence-electron chi connectivity index (χ2n) is 3.28. The summed E-state index contributed by atoms with van der Waals surface area (Å²) in [4.78, 5) is 2.05. The fourth-order valence-electron chi connectivity index (χ4n) is 1.13. The molecule has 0 aliphatic rings. The van der Waals surface area contributed by atoms with E-state index in [9.17, 15) is 0 Å². The summed E-state index contributed by atoms with van der Waals surface area (Å²) in [5.41, 5.74) is 1.07. The summed E-state index contributed by atoms with van der Waals surface area (Å²) in [6.07, 6.45) is 0. The maximum absolute atomic E-state index is 6.17. The van der Waals surface area contributed by atoms with Crippen LogP contribution in [-0.2, 0) is 0 Å². The third-order valence-corrected chi connectivity index (χ3v) is 2.36. The summed E-state index contributed by atoms with van der Waals surface area (Å²) in [6.45, 7) is 0.821. The zero-order valence-corrected chi connectivity index (χ0v) is 9.31. The normalized spacial score (nSPS) is 13.3. The fraction of sp³-hybridized carbons (Fsp3) is 0.400. The number of halogens is 2. The standard InChI is InChI=1S/C10H13Cl2N/c1-13(2)7-10(12)8-4-3-5-9(11)6-8/h3-6,10H,7H2,1-2H3/t10-/m0/s1. The average molecular weight is 218 g/mol. The molecule has 0 saturated carbocycles. The lowest BCUT2D eigenvalue weighted by Gasteiger charge is -2.15.